The van der Waals surface area contributed by atoms with E-state index in [1.165, 1.54) is 19.1 Å². The predicted molar refractivity (Wildman–Crippen MR) is 88.2 cm³/mol. The van der Waals surface area contributed by atoms with E-state index in [1.54, 1.807) is 0 Å². The summed E-state index contributed by atoms with van der Waals surface area (Å²) in [6, 6.07) is 10.6. The van der Waals surface area contributed by atoms with Crippen LogP contribution in [0.3, 0.4) is 0 Å². The van der Waals surface area contributed by atoms with E-state index in [-0.39, 0.29) is 37.1 Å². The highest BCUT2D eigenvalue weighted by Crippen LogP contribution is 2.41. The molecule has 0 bridgehead atoms. The summed E-state index contributed by atoms with van der Waals surface area (Å²) in [6.45, 7) is 1.19. The number of aliphatic hydroxyl groups excluding tert-OH is 1. The molecule has 0 unspecified atom stereocenters. The fourth-order valence-electron chi connectivity index (χ4n) is 4.33. The van der Waals surface area contributed by atoms with Gasteiger partial charge in [-0.1, -0.05) is 36.8 Å². The van der Waals surface area contributed by atoms with Crippen molar-refractivity contribution in [2.75, 3.05) is 26.9 Å². The van der Waals surface area contributed by atoms with Gasteiger partial charge in [-0.15, -0.1) is 0 Å². The van der Waals surface area contributed by atoms with Gasteiger partial charge in [0, 0.05) is 25.1 Å². The van der Waals surface area contributed by atoms with Gasteiger partial charge in [0.2, 0.25) is 5.91 Å². The molecule has 0 aliphatic carbocycles. The number of aliphatic hydroxyl groups is 1. The van der Waals surface area contributed by atoms with Crippen LogP contribution in [-0.4, -0.2) is 60.9 Å². The van der Waals surface area contributed by atoms with E-state index in [0.29, 0.717) is 6.04 Å². The average molecular weight is 318 g/mol. The first-order chi connectivity index (χ1) is 11.3. The maximum absolute atomic E-state index is 12.1. The Morgan fingerprint density at radius 1 is 1.35 bits per heavy atom. The highest BCUT2D eigenvalue weighted by atomic mass is 16.5. The topological polar surface area (TPSA) is 61.8 Å². The number of benzene rings is 1. The van der Waals surface area contributed by atoms with E-state index in [2.05, 4.69) is 22.3 Å². The molecule has 2 aliphatic rings. The first-order valence-electron chi connectivity index (χ1n) is 8.46. The molecule has 1 aromatic rings. The molecule has 0 saturated carbocycles. The van der Waals surface area contributed by atoms with Gasteiger partial charge < -0.3 is 15.2 Å². The lowest BCUT2D eigenvalue weighted by molar-refractivity contribution is -0.125. The van der Waals surface area contributed by atoms with Crippen LogP contribution in [0.25, 0.3) is 0 Å². The molecule has 4 atom stereocenters. The lowest BCUT2D eigenvalue weighted by Gasteiger charge is -2.34. The zero-order chi connectivity index (χ0) is 16.2. The van der Waals surface area contributed by atoms with Crippen LogP contribution in [0, 0.1) is 0 Å². The number of hydrogen-bond acceptors (Lipinski definition) is 4. The van der Waals surface area contributed by atoms with E-state index in [0.717, 1.165) is 19.4 Å². The molecule has 2 aliphatic heterocycles. The molecule has 0 radical (unpaired) electrons. The molecule has 2 saturated heterocycles. The van der Waals surface area contributed by atoms with Gasteiger partial charge in [-0.3, -0.25) is 9.69 Å². The zero-order valence-corrected chi connectivity index (χ0v) is 13.6. The summed E-state index contributed by atoms with van der Waals surface area (Å²) >= 11 is 0. The number of methoxy groups -OCH3 is 1. The van der Waals surface area contributed by atoms with Crippen LogP contribution in [0.5, 0.6) is 0 Å². The van der Waals surface area contributed by atoms with Gasteiger partial charge in [-0.2, -0.15) is 0 Å². The van der Waals surface area contributed by atoms with Crippen LogP contribution in [0.15, 0.2) is 30.3 Å². The zero-order valence-electron chi connectivity index (χ0n) is 13.6. The molecule has 23 heavy (non-hydrogen) atoms. The van der Waals surface area contributed by atoms with Crippen molar-refractivity contribution < 1.29 is 14.6 Å². The van der Waals surface area contributed by atoms with Crippen LogP contribution < -0.4 is 5.32 Å². The molecule has 0 spiro atoms. The van der Waals surface area contributed by atoms with E-state index in [1.807, 2.05) is 18.2 Å². The molecule has 1 aromatic carbocycles. The molecule has 1 amide bonds. The van der Waals surface area contributed by atoms with Crippen LogP contribution in [0.1, 0.15) is 30.7 Å². The highest BCUT2D eigenvalue weighted by Gasteiger charge is 2.50. The first-order valence-corrected chi connectivity index (χ1v) is 8.46. The quantitative estimate of drug-likeness (QED) is 0.854. The summed E-state index contributed by atoms with van der Waals surface area (Å²) in [5.41, 5.74) is 1.18. The summed E-state index contributed by atoms with van der Waals surface area (Å²) in [5, 5.41) is 13.2. The number of carbonyl (C=O) groups is 1. The standard InChI is InChI=1S/C18H26N2O3/c1-23-12-16(22)19-18-14-9-5-6-10-20(14)15(11-21)17(18)13-7-3-2-4-8-13/h2-4,7-8,14-15,17-18,21H,5-6,9-12H2,1H3,(H,19,22)/t14-,15-,17+,18+/m1/s1. The van der Waals surface area contributed by atoms with E-state index in [4.69, 9.17) is 4.74 Å². The lowest BCUT2D eigenvalue weighted by Crippen LogP contribution is -2.49. The number of piperidine rings is 1. The third-order valence-electron chi connectivity index (χ3n) is 5.21. The Balaban J connectivity index is 1.91. The predicted octanol–water partition coefficient (Wildman–Crippen LogP) is 1.13. The minimum Gasteiger partial charge on any atom is -0.395 e. The summed E-state index contributed by atoms with van der Waals surface area (Å²) in [5.74, 6) is 0.0349. The maximum atomic E-state index is 12.1. The Hall–Kier alpha value is -1.43. The highest BCUT2D eigenvalue weighted by molar-refractivity contribution is 5.77. The number of rotatable bonds is 5. The van der Waals surface area contributed by atoms with Gasteiger partial charge in [-0.25, -0.2) is 0 Å². The van der Waals surface area contributed by atoms with Gasteiger partial charge in [-0.05, 0) is 24.9 Å². The van der Waals surface area contributed by atoms with Crippen molar-refractivity contribution in [2.45, 2.75) is 43.3 Å². The van der Waals surface area contributed by atoms with Gasteiger partial charge in [0.05, 0.1) is 12.6 Å². The van der Waals surface area contributed by atoms with Crippen molar-refractivity contribution in [3.05, 3.63) is 35.9 Å². The lowest BCUT2D eigenvalue weighted by atomic mass is 9.86. The molecular weight excluding hydrogens is 292 g/mol. The molecule has 2 fully saturated rings. The smallest absolute Gasteiger partial charge is 0.246 e. The van der Waals surface area contributed by atoms with Crippen molar-refractivity contribution >= 4 is 5.91 Å². The fourth-order valence-corrected chi connectivity index (χ4v) is 4.33. The molecule has 0 aromatic heterocycles. The van der Waals surface area contributed by atoms with Crippen LogP contribution in [0.2, 0.25) is 0 Å². The number of hydrogen-bond donors (Lipinski definition) is 2. The summed E-state index contributed by atoms with van der Waals surface area (Å²) < 4.78 is 4.97. The maximum Gasteiger partial charge on any atom is 0.246 e. The summed E-state index contributed by atoms with van der Waals surface area (Å²) in [6.07, 6.45) is 3.41. The largest absolute Gasteiger partial charge is 0.395 e. The summed E-state index contributed by atoms with van der Waals surface area (Å²) in [4.78, 5) is 14.5. The third kappa shape index (κ3) is 3.27. The van der Waals surface area contributed by atoms with Crippen LogP contribution in [0.4, 0.5) is 0 Å². The number of carbonyl (C=O) groups excluding carboxylic acids is 1. The second-order valence-electron chi connectivity index (χ2n) is 6.51. The number of nitrogens with one attached hydrogen (secondary N) is 1. The number of nitrogens with zero attached hydrogens (tertiary/aromatic N) is 1. The average Bonchev–Trinajstić information content (AvgIpc) is 2.89. The Kier molecular flexibility index (Phi) is 5.30. The van der Waals surface area contributed by atoms with Crippen molar-refractivity contribution in [2.24, 2.45) is 0 Å². The van der Waals surface area contributed by atoms with Crippen LogP contribution in [-0.2, 0) is 9.53 Å². The molecule has 5 nitrogen and oxygen atoms in total. The van der Waals surface area contributed by atoms with E-state index < -0.39 is 0 Å². The second-order valence-corrected chi connectivity index (χ2v) is 6.51. The fraction of sp³-hybridized carbons (Fsp3) is 0.611. The SMILES string of the molecule is COCC(=O)N[C@@H]1[C@@H](c2ccccc2)[C@@H](CO)N2CCCC[C@H]12. The van der Waals surface area contributed by atoms with Crippen molar-refractivity contribution in [3.63, 3.8) is 0 Å². The number of ether oxygens (including phenoxy) is 1. The van der Waals surface area contributed by atoms with Crippen LogP contribution >= 0.6 is 0 Å². The molecule has 2 N–H and O–H groups in total. The minimum atomic E-state index is -0.0810. The minimum absolute atomic E-state index is 0.0255. The molecular formula is C18H26N2O3. The van der Waals surface area contributed by atoms with Crippen molar-refractivity contribution in [1.29, 1.82) is 0 Å². The Morgan fingerprint density at radius 3 is 2.83 bits per heavy atom. The molecule has 5 heteroatoms. The summed E-state index contributed by atoms with van der Waals surface area (Å²) in [7, 11) is 1.53. The third-order valence-corrected chi connectivity index (χ3v) is 5.21. The van der Waals surface area contributed by atoms with Gasteiger partial charge in [0.15, 0.2) is 0 Å². The van der Waals surface area contributed by atoms with Gasteiger partial charge in [0.1, 0.15) is 6.61 Å². The Morgan fingerprint density at radius 2 is 2.13 bits per heavy atom. The normalized spacial score (nSPS) is 30.9. The Bertz CT molecular complexity index is 522. The van der Waals surface area contributed by atoms with Gasteiger partial charge in [0.25, 0.3) is 0 Å². The monoisotopic (exact) mass is 318 g/mol. The van der Waals surface area contributed by atoms with E-state index >= 15 is 0 Å². The molecule has 2 heterocycles. The number of fused-ring (bicyclic) bond motifs is 1. The van der Waals surface area contributed by atoms with E-state index in [9.17, 15) is 9.90 Å². The van der Waals surface area contributed by atoms with Crippen molar-refractivity contribution in [3.8, 4) is 0 Å². The van der Waals surface area contributed by atoms with Gasteiger partial charge >= 0.3 is 0 Å². The Labute approximate surface area is 137 Å². The first kappa shape index (κ1) is 16.4. The molecule has 126 valence electrons. The second kappa shape index (κ2) is 7.43. The number of amides is 1. The molecule has 3 rings (SSSR count). The van der Waals surface area contributed by atoms with Crippen molar-refractivity contribution in [1.82, 2.24) is 10.2 Å².